The van der Waals surface area contributed by atoms with Gasteiger partial charge in [0.1, 0.15) is 0 Å². The van der Waals surface area contributed by atoms with Crippen LogP contribution in [0.4, 0.5) is 0 Å². The largest absolute Gasteiger partial charge is 0.393 e. The highest BCUT2D eigenvalue weighted by atomic mass is 16.3. The first-order chi connectivity index (χ1) is 16.3. The zero-order valence-electron chi connectivity index (χ0n) is 25.7. The van der Waals surface area contributed by atoms with Crippen molar-refractivity contribution in [2.45, 2.75) is 145 Å². The predicted molar refractivity (Wildman–Crippen MR) is 156 cm³/mol. The van der Waals surface area contributed by atoms with Gasteiger partial charge in [0, 0.05) is 11.8 Å². The Morgan fingerprint density at radius 1 is 0.611 bits per heavy atom. The van der Waals surface area contributed by atoms with Gasteiger partial charge in [0.15, 0.2) is 0 Å². The molecule has 0 aliphatic heterocycles. The minimum atomic E-state index is -0.161. The van der Waals surface area contributed by atoms with E-state index in [1.165, 1.54) is 25.7 Å². The molecule has 0 aromatic heterocycles. The molecule has 0 aromatic rings. The second-order valence-corrected chi connectivity index (χ2v) is 15.2. The van der Waals surface area contributed by atoms with E-state index in [-0.39, 0.29) is 18.3 Å². The van der Waals surface area contributed by atoms with Crippen LogP contribution in [0.15, 0.2) is 24.3 Å². The summed E-state index contributed by atoms with van der Waals surface area (Å²) >= 11 is 0. The smallest absolute Gasteiger partial charge is 0.0610 e. The Bertz CT molecular complexity index is 660. The summed E-state index contributed by atoms with van der Waals surface area (Å²) in [6.45, 7) is 29.7. The van der Waals surface area contributed by atoms with Gasteiger partial charge in [0.25, 0.3) is 0 Å². The van der Waals surface area contributed by atoms with Gasteiger partial charge in [-0.3, -0.25) is 0 Å². The lowest BCUT2D eigenvalue weighted by Crippen LogP contribution is -2.36. The van der Waals surface area contributed by atoms with Crippen molar-refractivity contribution in [2.24, 2.45) is 39.9 Å². The molecule has 0 radical (unpaired) electrons. The summed E-state index contributed by atoms with van der Waals surface area (Å²) in [5.41, 5.74) is 3.29. The van der Waals surface area contributed by atoms with Crippen molar-refractivity contribution in [2.75, 3.05) is 0 Å². The summed E-state index contributed by atoms with van der Waals surface area (Å²) < 4.78 is 0. The highest BCUT2D eigenvalue weighted by molar-refractivity contribution is 5.04. The normalized spacial score (nSPS) is 34.9. The van der Waals surface area contributed by atoms with E-state index in [1.807, 2.05) is 13.8 Å². The average molecular weight is 507 g/mol. The molecular formula is C33H62O3. The minimum Gasteiger partial charge on any atom is -0.393 e. The summed E-state index contributed by atoms with van der Waals surface area (Å²) in [5, 5.41) is 29.5. The van der Waals surface area contributed by atoms with Crippen molar-refractivity contribution < 1.29 is 15.3 Å². The summed E-state index contributed by atoms with van der Waals surface area (Å²) in [6, 6.07) is 0. The van der Waals surface area contributed by atoms with Gasteiger partial charge in [-0.15, -0.1) is 0 Å². The minimum absolute atomic E-state index is 0.0613. The molecule has 3 rings (SSSR count). The van der Waals surface area contributed by atoms with Crippen molar-refractivity contribution in [1.29, 1.82) is 0 Å². The maximum Gasteiger partial charge on any atom is 0.0610 e. The summed E-state index contributed by atoms with van der Waals surface area (Å²) in [6.07, 6.45) is 9.53. The highest BCUT2D eigenvalue weighted by Crippen LogP contribution is 2.42. The van der Waals surface area contributed by atoms with E-state index in [0.717, 1.165) is 43.3 Å². The van der Waals surface area contributed by atoms with Gasteiger partial charge in [-0.2, -0.15) is 0 Å². The molecule has 0 bridgehead atoms. The first kappa shape index (κ1) is 33.4. The lowest BCUT2D eigenvalue weighted by molar-refractivity contribution is -0.00326. The first-order valence-electron chi connectivity index (χ1n) is 14.6. The monoisotopic (exact) mass is 506 g/mol. The van der Waals surface area contributed by atoms with Crippen LogP contribution in [0.25, 0.3) is 0 Å². The summed E-state index contributed by atoms with van der Waals surface area (Å²) in [7, 11) is 0. The molecule has 0 aromatic carbocycles. The molecule has 3 heteroatoms. The maximum atomic E-state index is 9.87. The number of rotatable bonds is 3. The Morgan fingerprint density at radius 3 is 1.17 bits per heavy atom. The van der Waals surface area contributed by atoms with E-state index in [0.29, 0.717) is 39.9 Å². The van der Waals surface area contributed by atoms with Gasteiger partial charge in [-0.25, -0.2) is 0 Å². The van der Waals surface area contributed by atoms with Crippen LogP contribution in [0.2, 0.25) is 0 Å². The van der Waals surface area contributed by atoms with Crippen LogP contribution in [0, 0.1) is 39.9 Å². The molecule has 0 spiro atoms. The SMILES string of the molecule is C=C(C)C1CCC(C)(C)CC1O.C=C(C)C1CCC(C)(C)CC1O.CC(C)C1CCC(C)(C)CC1O. The maximum absolute atomic E-state index is 9.87. The Kier molecular flexibility index (Phi) is 12.5. The molecule has 3 aliphatic rings. The van der Waals surface area contributed by atoms with Gasteiger partial charge in [0.2, 0.25) is 0 Å². The molecule has 0 heterocycles. The standard InChI is InChI=1S/C11H22O.2C11H20O/c3*1-8(2)9-5-6-11(3,4)7-10(9)12/h8-10,12H,5-7H2,1-4H3;2*9-10,12H,1,5-7H2,2-4H3. The topological polar surface area (TPSA) is 60.7 Å². The molecule has 0 amide bonds. The van der Waals surface area contributed by atoms with E-state index < -0.39 is 0 Å². The molecule has 6 unspecified atom stereocenters. The predicted octanol–water partition coefficient (Wildman–Crippen LogP) is 8.33. The van der Waals surface area contributed by atoms with Crippen LogP contribution >= 0.6 is 0 Å². The lowest BCUT2D eigenvalue weighted by atomic mass is 9.68. The Morgan fingerprint density at radius 2 is 0.917 bits per heavy atom. The third-order valence-corrected chi connectivity index (χ3v) is 9.25. The molecule has 212 valence electrons. The molecule has 3 aliphatic carbocycles. The van der Waals surface area contributed by atoms with E-state index in [9.17, 15) is 15.3 Å². The van der Waals surface area contributed by atoms with Crippen molar-refractivity contribution in [3.63, 3.8) is 0 Å². The summed E-state index contributed by atoms with van der Waals surface area (Å²) in [4.78, 5) is 0. The van der Waals surface area contributed by atoms with Crippen LogP contribution in [0.1, 0.15) is 127 Å². The molecule has 36 heavy (non-hydrogen) atoms. The van der Waals surface area contributed by atoms with E-state index >= 15 is 0 Å². The van der Waals surface area contributed by atoms with Crippen LogP contribution < -0.4 is 0 Å². The van der Waals surface area contributed by atoms with Crippen molar-refractivity contribution in [3.05, 3.63) is 24.3 Å². The van der Waals surface area contributed by atoms with Gasteiger partial charge >= 0.3 is 0 Å². The molecule has 6 atom stereocenters. The Labute approximate surface area is 224 Å². The fraction of sp³-hybridized carbons (Fsp3) is 0.879. The van der Waals surface area contributed by atoms with Crippen molar-refractivity contribution in [1.82, 2.24) is 0 Å². The molecule has 0 saturated heterocycles. The van der Waals surface area contributed by atoms with E-state index in [4.69, 9.17) is 0 Å². The Hall–Kier alpha value is -0.640. The fourth-order valence-electron chi connectivity index (χ4n) is 6.59. The van der Waals surface area contributed by atoms with Crippen molar-refractivity contribution in [3.8, 4) is 0 Å². The Balaban J connectivity index is 0.000000270. The molecule has 3 fully saturated rings. The molecular weight excluding hydrogens is 444 g/mol. The van der Waals surface area contributed by atoms with Crippen LogP contribution in [-0.4, -0.2) is 33.6 Å². The number of aliphatic hydroxyl groups excluding tert-OH is 3. The highest BCUT2D eigenvalue weighted by Gasteiger charge is 2.36. The fourth-order valence-corrected chi connectivity index (χ4v) is 6.59. The first-order valence-corrected chi connectivity index (χ1v) is 14.6. The van der Waals surface area contributed by atoms with E-state index in [2.05, 4.69) is 68.5 Å². The lowest BCUT2D eigenvalue weighted by Gasteiger charge is -2.40. The number of aliphatic hydroxyl groups is 3. The second kappa shape index (κ2) is 13.4. The number of hydrogen-bond donors (Lipinski definition) is 3. The summed E-state index contributed by atoms with van der Waals surface area (Å²) in [5.74, 6) is 1.87. The molecule has 3 saturated carbocycles. The van der Waals surface area contributed by atoms with E-state index in [1.54, 1.807) is 0 Å². The van der Waals surface area contributed by atoms with Gasteiger partial charge in [0.05, 0.1) is 18.3 Å². The zero-order valence-corrected chi connectivity index (χ0v) is 25.7. The van der Waals surface area contributed by atoms with Gasteiger partial charge in [-0.05, 0) is 99.7 Å². The number of hydrogen-bond acceptors (Lipinski definition) is 3. The third-order valence-electron chi connectivity index (χ3n) is 9.25. The van der Waals surface area contributed by atoms with Crippen LogP contribution in [0.5, 0.6) is 0 Å². The second-order valence-electron chi connectivity index (χ2n) is 15.2. The molecule has 3 nitrogen and oxygen atoms in total. The van der Waals surface area contributed by atoms with Crippen LogP contribution in [-0.2, 0) is 0 Å². The molecule has 3 N–H and O–H groups in total. The van der Waals surface area contributed by atoms with Crippen LogP contribution in [0.3, 0.4) is 0 Å². The van der Waals surface area contributed by atoms with Crippen molar-refractivity contribution >= 4 is 0 Å². The third kappa shape index (κ3) is 11.0. The quantitative estimate of drug-likeness (QED) is 0.337. The van der Waals surface area contributed by atoms with Gasteiger partial charge < -0.3 is 15.3 Å². The zero-order chi connectivity index (χ0) is 28.1. The van der Waals surface area contributed by atoms with Gasteiger partial charge in [-0.1, -0.05) is 79.7 Å². The average Bonchev–Trinajstić information content (AvgIpc) is 2.65.